The highest BCUT2D eigenvalue weighted by Gasteiger charge is 2.21. The number of anilines is 1. The highest BCUT2D eigenvalue weighted by molar-refractivity contribution is 7.10. The van der Waals surface area contributed by atoms with Gasteiger partial charge in [0.1, 0.15) is 0 Å². The first kappa shape index (κ1) is 15.6. The molecule has 0 spiro atoms. The summed E-state index contributed by atoms with van der Waals surface area (Å²) in [6.45, 7) is 1.07. The molecule has 1 aliphatic rings. The fraction of sp³-hybridized carbons (Fsp3) is 0.278. The molecule has 1 aliphatic heterocycles. The number of carbonyl (C=O) groups excluding carboxylic acids is 1. The molecular formula is C18H18N2O2S. The summed E-state index contributed by atoms with van der Waals surface area (Å²) in [5.74, 6) is 6.21. The van der Waals surface area contributed by atoms with E-state index in [1.807, 2.05) is 41.8 Å². The number of urea groups is 1. The first-order valence-electron chi connectivity index (χ1n) is 7.60. The van der Waals surface area contributed by atoms with Gasteiger partial charge in [-0.3, -0.25) is 0 Å². The molecule has 0 bridgehead atoms. The predicted molar refractivity (Wildman–Crippen MR) is 92.6 cm³/mol. The van der Waals surface area contributed by atoms with Crippen LogP contribution in [-0.4, -0.2) is 35.2 Å². The molecule has 1 atom stereocenters. The Bertz CT molecular complexity index is 731. The maximum atomic E-state index is 12.2. The maximum Gasteiger partial charge on any atom is 0.321 e. The molecule has 0 radical (unpaired) electrons. The summed E-state index contributed by atoms with van der Waals surface area (Å²) < 4.78 is 0. The second kappa shape index (κ2) is 7.32. The van der Waals surface area contributed by atoms with Crippen molar-refractivity contribution in [3.8, 4) is 11.8 Å². The minimum Gasteiger partial charge on any atom is -0.391 e. The van der Waals surface area contributed by atoms with Crippen LogP contribution in [0.4, 0.5) is 10.5 Å². The van der Waals surface area contributed by atoms with Gasteiger partial charge in [0.25, 0.3) is 0 Å². The van der Waals surface area contributed by atoms with E-state index in [-0.39, 0.29) is 6.03 Å². The number of hydrogen-bond donors (Lipinski definition) is 2. The van der Waals surface area contributed by atoms with Crippen molar-refractivity contribution in [2.75, 3.05) is 18.4 Å². The van der Waals surface area contributed by atoms with Crippen molar-refractivity contribution in [1.82, 2.24) is 4.90 Å². The van der Waals surface area contributed by atoms with Crippen LogP contribution in [0.15, 0.2) is 41.8 Å². The molecule has 2 heterocycles. The van der Waals surface area contributed by atoms with Crippen LogP contribution in [0.2, 0.25) is 0 Å². The maximum absolute atomic E-state index is 12.2. The largest absolute Gasteiger partial charge is 0.391 e. The minimum absolute atomic E-state index is 0.174. The summed E-state index contributed by atoms with van der Waals surface area (Å²) in [6.07, 6.45) is 1.18. The van der Waals surface area contributed by atoms with Crippen LogP contribution in [0, 0.1) is 11.8 Å². The molecule has 23 heavy (non-hydrogen) atoms. The van der Waals surface area contributed by atoms with Crippen molar-refractivity contribution in [1.29, 1.82) is 0 Å². The van der Waals surface area contributed by atoms with Gasteiger partial charge in [-0.1, -0.05) is 24.0 Å². The number of aliphatic hydroxyl groups excluding tert-OH is 1. The van der Waals surface area contributed by atoms with Crippen LogP contribution < -0.4 is 5.32 Å². The van der Waals surface area contributed by atoms with E-state index in [4.69, 9.17) is 0 Å². The fourth-order valence-corrected chi connectivity index (χ4v) is 3.07. The lowest BCUT2D eigenvalue weighted by atomic mass is 10.1. The van der Waals surface area contributed by atoms with Gasteiger partial charge in [0, 0.05) is 24.3 Å². The van der Waals surface area contributed by atoms with Gasteiger partial charge in [0.15, 0.2) is 0 Å². The van der Waals surface area contributed by atoms with E-state index in [1.165, 1.54) is 0 Å². The second-order valence-electron chi connectivity index (χ2n) is 5.48. The van der Waals surface area contributed by atoms with Gasteiger partial charge in [0.05, 0.1) is 11.0 Å². The van der Waals surface area contributed by atoms with Gasteiger partial charge in [-0.25, -0.2) is 4.79 Å². The predicted octanol–water partition coefficient (Wildman–Crippen LogP) is 3.14. The van der Waals surface area contributed by atoms with Gasteiger partial charge in [-0.2, -0.15) is 0 Å². The zero-order valence-electron chi connectivity index (χ0n) is 12.7. The zero-order chi connectivity index (χ0) is 16.1. The Morgan fingerprint density at radius 1 is 1.30 bits per heavy atom. The number of carbonyl (C=O) groups is 1. The van der Waals surface area contributed by atoms with E-state index in [1.54, 1.807) is 16.2 Å². The molecule has 3 rings (SSSR count). The number of nitrogens with zero attached hydrogens (tertiary/aromatic N) is 1. The number of nitrogens with one attached hydrogen (secondary N) is 1. The lowest BCUT2D eigenvalue weighted by Gasteiger charge is -2.30. The third kappa shape index (κ3) is 4.35. The average Bonchev–Trinajstić information content (AvgIpc) is 3.07. The molecule has 2 amide bonds. The number of amides is 2. The van der Waals surface area contributed by atoms with Crippen LogP contribution in [0.25, 0.3) is 0 Å². The van der Waals surface area contributed by atoms with Crippen molar-refractivity contribution < 1.29 is 9.90 Å². The van der Waals surface area contributed by atoms with Crippen molar-refractivity contribution in [2.45, 2.75) is 18.9 Å². The zero-order valence-corrected chi connectivity index (χ0v) is 13.5. The summed E-state index contributed by atoms with van der Waals surface area (Å²) in [5, 5.41) is 14.5. The van der Waals surface area contributed by atoms with E-state index in [0.717, 1.165) is 23.3 Å². The third-order valence-corrected chi connectivity index (χ3v) is 4.43. The van der Waals surface area contributed by atoms with E-state index < -0.39 is 6.10 Å². The molecule has 2 aromatic rings. The van der Waals surface area contributed by atoms with Crippen LogP contribution in [0.5, 0.6) is 0 Å². The Morgan fingerprint density at radius 2 is 2.22 bits per heavy atom. The third-order valence-electron chi connectivity index (χ3n) is 3.65. The van der Waals surface area contributed by atoms with Gasteiger partial charge in [0.2, 0.25) is 0 Å². The fourth-order valence-electron chi connectivity index (χ4n) is 2.50. The Balaban J connectivity index is 1.66. The molecule has 1 saturated heterocycles. The van der Waals surface area contributed by atoms with E-state index in [2.05, 4.69) is 17.2 Å². The van der Waals surface area contributed by atoms with Gasteiger partial charge in [-0.05, 0) is 42.5 Å². The number of rotatable bonds is 1. The van der Waals surface area contributed by atoms with Crippen LogP contribution >= 0.6 is 11.3 Å². The standard InChI is InChI=1S/C18H18N2O2S/c21-16-6-2-10-20(13-16)18(22)19-15-5-1-4-14(12-15)8-9-17-7-3-11-23-17/h1,3-5,7,11-12,16,21H,2,6,10,13H2,(H,19,22). The Hall–Kier alpha value is -2.29. The Morgan fingerprint density at radius 3 is 3.00 bits per heavy atom. The van der Waals surface area contributed by atoms with E-state index >= 15 is 0 Å². The summed E-state index contributed by atoms with van der Waals surface area (Å²) in [6, 6.07) is 11.3. The summed E-state index contributed by atoms with van der Waals surface area (Å²) in [7, 11) is 0. The summed E-state index contributed by atoms with van der Waals surface area (Å²) >= 11 is 1.60. The first-order chi connectivity index (χ1) is 11.2. The SMILES string of the molecule is O=C(Nc1cccc(C#Cc2cccs2)c1)N1CCCC(O)C1. The number of likely N-dealkylation sites (tertiary alicyclic amines) is 1. The van der Waals surface area contributed by atoms with Gasteiger partial charge < -0.3 is 15.3 Å². The number of piperidine rings is 1. The van der Waals surface area contributed by atoms with Crippen LogP contribution in [0.1, 0.15) is 23.3 Å². The number of β-amino-alcohol motifs (C(OH)–C–C–N with tert-alkyl or cyclic N) is 1. The molecule has 4 nitrogen and oxygen atoms in total. The summed E-state index contributed by atoms with van der Waals surface area (Å²) in [4.78, 5) is 14.9. The van der Waals surface area contributed by atoms with Crippen molar-refractivity contribution >= 4 is 23.1 Å². The molecule has 1 unspecified atom stereocenters. The number of benzene rings is 1. The molecule has 2 N–H and O–H groups in total. The lowest BCUT2D eigenvalue weighted by molar-refractivity contribution is 0.0883. The molecular weight excluding hydrogens is 308 g/mol. The number of aliphatic hydroxyl groups is 1. The average molecular weight is 326 g/mol. The van der Waals surface area contributed by atoms with Crippen molar-refractivity contribution in [3.05, 3.63) is 52.2 Å². The van der Waals surface area contributed by atoms with E-state index in [9.17, 15) is 9.90 Å². The molecule has 0 saturated carbocycles. The Labute approximate surface area is 139 Å². The molecule has 0 aliphatic carbocycles. The molecule has 1 fully saturated rings. The molecule has 1 aromatic carbocycles. The number of hydrogen-bond acceptors (Lipinski definition) is 3. The van der Waals surface area contributed by atoms with Crippen LogP contribution in [-0.2, 0) is 0 Å². The quantitative estimate of drug-likeness (QED) is 0.791. The second-order valence-corrected chi connectivity index (χ2v) is 6.43. The van der Waals surface area contributed by atoms with Crippen molar-refractivity contribution in [2.24, 2.45) is 0 Å². The highest BCUT2D eigenvalue weighted by Crippen LogP contribution is 2.14. The van der Waals surface area contributed by atoms with E-state index in [0.29, 0.717) is 18.8 Å². The Kier molecular flexibility index (Phi) is 4.96. The monoisotopic (exact) mass is 326 g/mol. The minimum atomic E-state index is -0.419. The van der Waals surface area contributed by atoms with Crippen LogP contribution in [0.3, 0.4) is 0 Å². The van der Waals surface area contributed by atoms with Gasteiger partial charge >= 0.3 is 6.03 Å². The number of thiophene rings is 1. The lowest BCUT2D eigenvalue weighted by Crippen LogP contribution is -2.44. The van der Waals surface area contributed by atoms with Gasteiger partial charge in [-0.15, -0.1) is 11.3 Å². The molecule has 1 aromatic heterocycles. The normalized spacial score (nSPS) is 17.3. The first-order valence-corrected chi connectivity index (χ1v) is 8.48. The topological polar surface area (TPSA) is 52.6 Å². The molecule has 5 heteroatoms. The van der Waals surface area contributed by atoms with Crippen molar-refractivity contribution in [3.63, 3.8) is 0 Å². The smallest absolute Gasteiger partial charge is 0.321 e. The molecule has 118 valence electrons. The summed E-state index contributed by atoms with van der Waals surface area (Å²) in [5.41, 5.74) is 1.57. The highest BCUT2D eigenvalue weighted by atomic mass is 32.1.